The van der Waals surface area contributed by atoms with Gasteiger partial charge >= 0.3 is 0 Å². The Morgan fingerprint density at radius 1 is 1.15 bits per heavy atom. The average molecular weight is 389 g/mol. The Hall–Kier alpha value is -2.09. The summed E-state index contributed by atoms with van der Waals surface area (Å²) in [5.74, 6) is 1.47. The van der Waals surface area contributed by atoms with Crippen LogP contribution in [0.2, 0.25) is 0 Å². The molecule has 144 valence electrons. The second kappa shape index (κ2) is 6.82. The van der Waals surface area contributed by atoms with Crippen molar-refractivity contribution < 1.29 is 23.0 Å². The average Bonchev–Trinajstić information content (AvgIpc) is 3.10. The van der Waals surface area contributed by atoms with Crippen molar-refractivity contribution >= 4 is 10.0 Å². The van der Waals surface area contributed by atoms with E-state index in [0.717, 1.165) is 5.56 Å². The number of ether oxygens (including phenoxy) is 2. The van der Waals surface area contributed by atoms with Crippen molar-refractivity contribution in [3.63, 3.8) is 0 Å². The summed E-state index contributed by atoms with van der Waals surface area (Å²) in [6.07, 6.45) is -0.508. The third-order valence-electron chi connectivity index (χ3n) is 4.99. The normalized spacial score (nSPS) is 23.4. The molecule has 0 amide bonds. The van der Waals surface area contributed by atoms with Gasteiger partial charge in [0.2, 0.25) is 16.8 Å². The molecule has 2 aromatic rings. The number of fused-ring (bicyclic) bond motifs is 2. The molecule has 0 aromatic heterocycles. The van der Waals surface area contributed by atoms with E-state index >= 15 is 0 Å². The van der Waals surface area contributed by atoms with Gasteiger partial charge in [0, 0.05) is 12.1 Å². The van der Waals surface area contributed by atoms with E-state index < -0.39 is 22.2 Å². The van der Waals surface area contributed by atoms with Crippen molar-refractivity contribution in [3.8, 4) is 11.5 Å². The maximum atomic E-state index is 13.2. The maximum Gasteiger partial charge on any atom is 0.243 e. The fraction of sp³-hybridized carbons (Fsp3) is 0.400. The number of aliphatic hydroxyl groups excluding tert-OH is 1. The van der Waals surface area contributed by atoms with Gasteiger partial charge in [0.05, 0.1) is 17.0 Å². The van der Waals surface area contributed by atoms with Crippen LogP contribution in [0.25, 0.3) is 0 Å². The van der Waals surface area contributed by atoms with E-state index in [0.29, 0.717) is 30.0 Å². The molecule has 2 aliphatic rings. The Balaban J connectivity index is 1.75. The monoisotopic (exact) mass is 389 g/mol. The lowest BCUT2D eigenvalue weighted by atomic mass is 9.95. The predicted molar refractivity (Wildman–Crippen MR) is 100 cm³/mol. The first-order valence-corrected chi connectivity index (χ1v) is 10.5. The highest BCUT2D eigenvalue weighted by Gasteiger charge is 2.43. The highest BCUT2D eigenvalue weighted by molar-refractivity contribution is 7.89. The number of sulfonamides is 1. The number of hydrogen-bond donors (Lipinski definition) is 1. The molecule has 0 saturated carbocycles. The van der Waals surface area contributed by atoms with Gasteiger partial charge in [-0.2, -0.15) is 4.31 Å². The van der Waals surface area contributed by atoms with Crippen LogP contribution in [0.1, 0.15) is 31.1 Å². The van der Waals surface area contributed by atoms with E-state index in [9.17, 15) is 13.5 Å². The number of nitrogens with zero attached hydrogens (tertiary/aromatic N) is 1. The number of hydrogen-bond acceptors (Lipinski definition) is 5. The van der Waals surface area contributed by atoms with E-state index in [1.807, 2.05) is 32.0 Å². The van der Waals surface area contributed by atoms with E-state index in [4.69, 9.17) is 9.47 Å². The van der Waals surface area contributed by atoms with Crippen LogP contribution in [0, 0.1) is 5.92 Å². The first kappa shape index (κ1) is 18.3. The van der Waals surface area contributed by atoms with Gasteiger partial charge in [-0.3, -0.25) is 0 Å². The van der Waals surface area contributed by atoms with Crippen LogP contribution in [0.3, 0.4) is 0 Å². The van der Waals surface area contributed by atoms with Crippen molar-refractivity contribution in [3.05, 3.63) is 53.6 Å². The highest BCUT2D eigenvalue weighted by atomic mass is 32.2. The molecule has 7 heteroatoms. The van der Waals surface area contributed by atoms with Crippen LogP contribution < -0.4 is 9.47 Å². The molecule has 4 rings (SSSR count). The molecule has 2 aliphatic heterocycles. The third-order valence-corrected chi connectivity index (χ3v) is 6.95. The van der Waals surface area contributed by atoms with E-state index in [1.54, 1.807) is 24.3 Å². The van der Waals surface area contributed by atoms with E-state index in [-0.39, 0.29) is 17.6 Å². The minimum atomic E-state index is -3.67. The number of rotatable bonds is 4. The molecule has 0 bridgehead atoms. The summed E-state index contributed by atoms with van der Waals surface area (Å²) in [5, 5.41) is 11.0. The quantitative estimate of drug-likeness (QED) is 0.870. The summed E-state index contributed by atoms with van der Waals surface area (Å²) in [6.45, 7) is 4.48. The van der Waals surface area contributed by atoms with E-state index in [1.165, 1.54) is 4.31 Å². The second-order valence-corrected chi connectivity index (χ2v) is 9.27. The van der Waals surface area contributed by atoms with Crippen molar-refractivity contribution in [2.75, 3.05) is 13.3 Å². The molecule has 0 spiro atoms. The van der Waals surface area contributed by atoms with Crippen LogP contribution in [0.4, 0.5) is 0 Å². The summed E-state index contributed by atoms with van der Waals surface area (Å²) in [5.41, 5.74) is 1.36. The number of benzene rings is 2. The molecule has 2 atom stereocenters. The smallest absolute Gasteiger partial charge is 0.243 e. The summed E-state index contributed by atoms with van der Waals surface area (Å²) < 4.78 is 38.7. The zero-order chi connectivity index (χ0) is 19.2. The standard InChI is InChI=1S/C20H23NO5S/c1-13(2)11-21-16(9-14-7-8-17-18(10-14)26-12-25-17)20(22)15-5-3-4-6-19(15)27(21,23)24/h3-8,10,13,16,20,22H,9,11-12H2,1-2H3/t16-,20-/m1/s1. The zero-order valence-corrected chi connectivity index (χ0v) is 16.1. The van der Waals surface area contributed by atoms with Crippen LogP contribution >= 0.6 is 0 Å². The van der Waals surface area contributed by atoms with Gasteiger partial charge in [-0.15, -0.1) is 0 Å². The molecular formula is C20H23NO5S. The molecule has 0 unspecified atom stereocenters. The third kappa shape index (κ3) is 3.20. The molecule has 2 aromatic carbocycles. The fourth-order valence-electron chi connectivity index (χ4n) is 3.75. The van der Waals surface area contributed by atoms with E-state index in [2.05, 4.69) is 0 Å². The summed E-state index contributed by atoms with van der Waals surface area (Å²) in [4.78, 5) is 0.195. The minimum absolute atomic E-state index is 0.136. The van der Waals surface area contributed by atoms with Crippen LogP contribution in [0.5, 0.6) is 11.5 Å². The molecule has 6 nitrogen and oxygen atoms in total. The number of aliphatic hydroxyl groups is 1. The Bertz CT molecular complexity index is 957. The van der Waals surface area contributed by atoms with Gasteiger partial charge < -0.3 is 14.6 Å². The Labute approximate surface area is 159 Å². The van der Waals surface area contributed by atoms with Gasteiger partial charge in [-0.05, 0) is 36.1 Å². The van der Waals surface area contributed by atoms with Crippen molar-refractivity contribution in [2.24, 2.45) is 5.92 Å². The molecular weight excluding hydrogens is 366 g/mol. The van der Waals surface area contributed by atoms with Gasteiger partial charge in [0.15, 0.2) is 11.5 Å². The Kier molecular flexibility index (Phi) is 4.61. The van der Waals surface area contributed by atoms with Crippen molar-refractivity contribution in [1.29, 1.82) is 0 Å². The summed E-state index contributed by atoms with van der Waals surface area (Å²) in [6, 6.07) is 11.7. The largest absolute Gasteiger partial charge is 0.454 e. The Morgan fingerprint density at radius 2 is 1.89 bits per heavy atom. The lowest BCUT2D eigenvalue weighted by Gasteiger charge is -2.40. The van der Waals surface area contributed by atoms with Crippen molar-refractivity contribution in [1.82, 2.24) is 4.31 Å². The Morgan fingerprint density at radius 3 is 2.67 bits per heavy atom. The molecule has 0 fully saturated rings. The lowest BCUT2D eigenvalue weighted by molar-refractivity contribution is 0.0753. The van der Waals surface area contributed by atoms with Gasteiger partial charge in [-0.1, -0.05) is 38.1 Å². The fourth-order valence-corrected chi connectivity index (χ4v) is 5.78. The summed E-state index contributed by atoms with van der Waals surface area (Å²) >= 11 is 0. The SMILES string of the molecule is CC(C)CN1[C@H](Cc2ccc3c(c2)OCO3)[C@H](O)c2ccccc2S1(=O)=O. The molecule has 0 saturated heterocycles. The summed E-state index contributed by atoms with van der Waals surface area (Å²) in [7, 11) is -3.67. The van der Waals surface area contributed by atoms with Gasteiger partial charge in [-0.25, -0.2) is 8.42 Å². The maximum absolute atomic E-state index is 13.2. The molecule has 1 N–H and O–H groups in total. The topological polar surface area (TPSA) is 76.1 Å². The molecule has 0 aliphatic carbocycles. The minimum Gasteiger partial charge on any atom is -0.454 e. The van der Waals surface area contributed by atoms with Crippen LogP contribution in [0.15, 0.2) is 47.4 Å². The van der Waals surface area contributed by atoms with Gasteiger partial charge in [0.1, 0.15) is 0 Å². The molecule has 27 heavy (non-hydrogen) atoms. The zero-order valence-electron chi connectivity index (χ0n) is 15.3. The van der Waals surface area contributed by atoms with Crippen LogP contribution in [-0.2, 0) is 16.4 Å². The highest BCUT2D eigenvalue weighted by Crippen LogP contribution is 2.39. The lowest BCUT2D eigenvalue weighted by Crippen LogP contribution is -2.50. The van der Waals surface area contributed by atoms with Gasteiger partial charge in [0.25, 0.3) is 0 Å². The van der Waals surface area contributed by atoms with Crippen LogP contribution in [-0.4, -0.2) is 37.2 Å². The first-order valence-electron chi connectivity index (χ1n) is 9.05. The van der Waals surface area contributed by atoms with Crippen molar-refractivity contribution in [2.45, 2.75) is 37.3 Å². The predicted octanol–water partition coefficient (Wildman–Crippen LogP) is 2.72. The molecule has 2 heterocycles. The molecule has 0 radical (unpaired) electrons. The second-order valence-electron chi connectivity index (χ2n) is 7.41. The first-order chi connectivity index (χ1) is 12.9.